The van der Waals surface area contributed by atoms with Crippen LogP contribution in [0.1, 0.15) is 32.6 Å². The topological polar surface area (TPSA) is 54.5 Å². The maximum absolute atomic E-state index is 9.21. The summed E-state index contributed by atoms with van der Waals surface area (Å²) in [7, 11) is 0. The number of aromatic nitrogens is 3. The Balaban J connectivity index is 2.25. The van der Waals surface area contributed by atoms with Crippen molar-refractivity contribution >= 4 is 16.7 Å². The molecule has 4 nitrogen and oxygen atoms in total. The Bertz CT molecular complexity index is 589. The van der Waals surface area contributed by atoms with E-state index in [4.69, 9.17) is 0 Å². The van der Waals surface area contributed by atoms with E-state index in [9.17, 15) is 5.26 Å². The van der Waals surface area contributed by atoms with Crippen LogP contribution in [-0.4, -0.2) is 15.0 Å². The second kappa shape index (κ2) is 5.97. The van der Waals surface area contributed by atoms with Crippen molar-refractivity contribution in [3.63, 3.8) is 0 Å². The maximum atomic E-state index is 9.21. The van der Waals surface area contributed by atoms with Gasteiger partial charge in [0.15, 0.2) is 0 Å². The molecule has 1 aromatic carbocycles. The molecule has 0 aliphatic rings. The molecule has 92 valence electrons. The van der Waals surface area contributed by atoms with Crippen LogP contribution in [0.2, 0.25) is 0 Å². The summed E-state index contributed by atoms with van der Waals surface area (Å²) in [5.41, 5.74) is 2.24. The van der Waals surface area contributed by atoms with Gasteiger partial charge in [0.05, 0.1) is 5.52 Å². The fourth-order valence-electron chi connectivity index (χ4n) is 1.86. The SMILES string of the molecule is CCCCCC=C(C#N)n1nnc2ccccc21. The first-order valence-electron chi connectivity index (χ1n) is 6.28. The van der Waals surface area contributed by atoms with E-state index >= 15 is 0 Å². The van der Waals surface area contributed by atoms with Crippen molar-refractivity contribution in [1.82, 2.24) is 15.0 Å². The van der Waals surface area contributed by atoms with Crippen LogP contribution in [0.25, 0.3) is 16.7 Å². The fourth-order valence-corrected chi connectivity index (χ4v) is 1.86. The smallest absolute Gasteiger partial charge is 0.140 e. The van der Waals surface area contributed by atoms with Gasteiger partial charge in [-0.15, -0.1) is 5.10 Å². The summed E-state index contributed by atoms with van der Waals surface area (Å²) in [4.78, 5) is 0. The van der Waals surface area contributed by atoms with Crippen molar-refractivity contribution in [3.8, 4) is 6.07 Å². The summed E-state index contributed by atoms with van der Waals surface area (Å²) in [5.74, 6) is 0. The molecule has 4 heteroatoms. The molecule has 0 radical (unpaired) electrons. The van der Waals surface area contributed by atoms with Crippen molar-refractivity contribution in [1.29, 1.82) is 5.26 Å². The van der Waals surface area contributed by atoms with Gasteiger partial charge < -0.3 is 0 Å². The molecular weight excluding hydrogens is 224 g/mol. The summed E-state index contributed by atoms with van der Waals surface area (Å²) in [6, 6.07) is 9.85. The largest absolute Gasteiger partial charge is 0.203 e. The normalized spacial score (nSPS) is 11.7. The standard InChI is InChI=1S/C14H16N4/c1-2-3-4-5-8-12(11-15)18-14-10-7-6-9-13(14)16-17-18/h6-10H,2-5H2,1H3. The van der Waals surface area contributed by atoms with Crippen LogP contribution < -0.4 is 0 Å². The number of fused-ring (bicyclic) bond motifs is 1. The molecule has 0 aliphatic carbocycles. The molecule has 0 aliphatic heterocycles. The van der Waals surface area contributed by atoms with Crippen molar-refractivity contribution in [2.75, 3.05) is 0 Å². The molecule has 0 atom stereocenters. The lowest BCUT2D eigenvalue weighted by molar-refractivity contribution is 0.727. The van der Waals surface area contributed by atoms with Crippen LogP contribution in [0, 0.1) is 11.3 Å². The number of hydrogen-bond donors (Lipinski definition) is 0. The van der Waals surface area contributed by atoms with E-state index in [0.29, 0.717) is 5.70 Å². The molecule has 1 heterocycles. The van der Waals surface area contributed by atoms with E-state index < -0.39 is 0 Å². The molecule has 1 aromatic heterocycles. The molecule has 0 unspecified atom stereocenters. The highest BCUT2D eigenvalue weighted by molar-refractivity contribution is 5.79. The van der Waals surface area contributed by atoms with Gasteiger partial charge in [-0.1, -0.05) is 37.1 Å². The zero-order chi connectivity index (χ0) is 12.8. The molecular formula is C14H16N4. The van der Waals surface area contributed by atoms with Gasteiger partial charge in [-0.3, -0.25) is 0 Å². The van der Waals surface area contributed by atoms with Gasteiger partial charge in [-0.05, 0) is 31.1 Å². The lowest BCUT2D eigenvalue weighted by Crippen LogP contribution is -1.97. The summed E-state index contributed by atoms with van der Waals surface area (Å²) in [6.45, 7) is 2.17. The molecule has 0 fully saturated rings. The van der Waals surface area contributed by atoms with E-state index in [1.54, 1.807) is 4.68 Å². The summed E-state index contributed by atoms with van der Waals surface area (Å²) >= 11 is 0. The van der Waals surface area contributed by atoms with Gasteiger partial charge in [0.2, 0.25) is 0 Å². The van der Waals surface area contributed by atoms with Crippen LogP contribution >= 0.6 is 0 Å². The van der Waals surface area contributed by atoms with Crippen molar-refractivity contribution in [2.24, 2.45) is 0 Å². The number of rotatable bonds is 5. The fraction of sp³-hybridized carbons (Fsp3) is 0.357. The summed E-state index contributed by atoms with van der Waals surface area (Å²) < 4.78 is 1.61. The first-order valence-corrected chi connectivity index (χ1v) is 6.28. The number of allylic oxidation sites excluding steroid dienone is 2. The minimum atomic E-state index is 0.555. The number of unbranched alkanes of at least 4 members (excludes halogenated alkanes) is 3. The lowest BCUT2D eigenvalue weighted by Gasteiger charge is -1.99. The van der Waals surface area contributed by atoms with E-state index in [2.05, 4.69) is 23.3 Å². The van der Waals surface area contributed by atoms with Crippen LogP contribution in [0.3, 0.4) is 0 Å². The Labute approximate surface area is 107 Å². The van der Waals surface area contributed by atoms with Gasteiger partial charge in [0.1, 0.15) is 17.3 Å². The summed E-state index contributed by atoms with van der Waals surface area (Å²) in [5, 5.41) is 17.3. The Morgan fingerprint density at radius 1 is 1.39 bits per heavy atom. The minimum Gasteiger partial charge on any atom is -0.203 e. The molecule has 0 saturated carbocycles. The van der Waals surface area contributed by atoms with Crippen LogP contribution in [-0.2, 0) is 0 Å². The molecule has 0 saturated heterocycles. The predicted molar refractivity (Wildman–Crippen MR) is 71.6 cm³/mol. The van der Waals surface area contributed by atoms with Crippen molar-refractivity contribution < 1.29 is 0 Å². The quantitative estimate of drug-likeness (QED) is 0.594. The second-order valence-corrected chi connectivity index (χ2v) is 4.19. The molecule has 0 amide bonds. The minimum absolute atomic E-state index is 0.555. The molecule has 0 spiro atoms. The first kappa shape index (κ1) is 12.3. The van der Waals surface area contributed by atoms with Crippen molar-refractivity contribution in [2.45, 2.75) is 32.6 Å². The van der Waals surface area contributed by atoms with Gasteiger partial charge >= 0.3 is 0 Å². The Morgan fingerprint density at radius 3 is 3.00 bits per heavy atom. The maximum Gasteiger partial charge on any atom is 0.140 e. The number of benzene rings is 1. The third-order valence-electron chi connectivity index (χ3n) is 2.84. The average Bonchev–Trinajstić information content (AvgIpc) is 2.83. The Kier molecular flexibility index (Phi) is 4.08. The summed E-state index contributed by atoms with van der Waals surface area (Å²) in [6.07, 6.45) is 6.32. The zero-order valence-electron chi connectivity index (χ0n) is 10.5. The molecule has 2 rings (SSSR count). The second-order valence-electron chi connectivity index (χ2n) is 4.19. The third kappa shape index (κ3) is 2.57. The van der Waals surface area contributed by atoms with Crippen molar-refractivity contribution in [3.05, 3.63) is 30.3 Å². The van der Waals surface area contributed by atoms with Gasteiger partial charge in [0.25, 0.3) is 0 Å². The number of nitrogens with zero attached hydrogens (tertiary/aromatic N) is 4. The van der Waals surface area contributed by atoms with Gasteiger partial charge in [0, 0.05) is 0 Å². The highest BCUT2D eigenvalue weighted by atomic mass is 15.4. The van der Waals surface area contributed by atoms with Crippen LogP contribution in [0.4, 0.5) is 0 Å². The lowest BCUT2D eigenvalue weighted by atomic mass is 10.2. The third-order valence-corrected chi connectivity index (χ3v) is 2.84. The Hall–Kier alpha value is -2.15. The predicted octanol–water partition coefficient (Wildman–Crippen LogP) is 3.38. The molecule has 0 N–H and O–H groups in total. The Morgan fingerprint density at radius 2 is 2.22 bits per heavy atom. The average molecular weight is 240 g/mol. The molecule has 2 aromatic rings. The monoisotopic (exact) mass is 240 g/mol. The highest BCUT2D eigenvalue weighted by Crippen LogP contribution is 2.15. The van der Waals surface area contributed by atoms with E-state index in [1.165, 1.54) is 12.8 Å². The zero-order valence-corrected chi connectivity index (χ0v) is 10.5. The van der Waals surface area contributed by atoms with Crippen LogP contribution in [0.5, 0.6) is 0 Å². The van der Waals surface area contributed by atoms with Crippen LogP contribution in [0.15, 0.2) is 30.3 Å². The van der Waals surface area contributed by atoms with E-state index in [1.807, 2.05) is 30.3 Å². The first-order chi connectivity index (χ1) is 8.86. The number of hydrogen-bond acceptors (Lipinski definition) is 3. The van der Waals surface area contributed by atoms with E-state index in [0.717, 1.165) is 23.9 Å². The molecule has 0 bridgehead atoms. The highest BCUT2D eigenvalue weighted by Gasteiger charge is 2.06. The van der Waals surface area contributed by atoms with Gasteiger partial charge in [-0.25, -0.2) is 4.68 Å². The van der Waals surface area contributed by atoms with E-state index in [-0.39, 0.29) is 0 Å². The number of para-hydroxylation sites is 1. The molecule has 18 heavy (non-hydrogen) atoms. The number of nitriles is 1. The van der Waals surface area contributed by atoms with Gasteiger partial charge in [-0.2, -0.15) is 5.26 Å².